The van der Waals surface area contributed by atoms with Gasteiger partial charge in [0.05, 0.1) is 18.6 Å². The molecule has 4 aliphatic heterocycles. The van der Waals surface area contributed by atoms with E-state index in [0.717, 1.165) is 0 Å². The number of aliphatic hydroxyl groups excluding tert-OH is 1. The lowest BCUT2D eigenvalue weighted by Gasteiger charge is -2.36. The fourth-order valence-corrected chi connectivity index (χ4v) is 4.80. The highest BCUT2D eigenvalue weighted by molar-refractivity contribution is 5.99. The van der Waals surface area contributed by atoms with Crippen molar-refractivity contribution in [3.05, 3.63) is 24.3 Å². The highest BCUT2D eigenvalue weighted by Gasteiger charge is 2.71. The molecule has 4 rings (SSSR count). The van der Waals surface area contributed by atoms with Crippen molar-refractivity contribution >= 4 is 17.8 Å². The molecule has 0 saturated carbocycles. The molecule has 1 unspecified atom stereocenters. The number of aliphatic hydroxyl groups is 1. The summed E-state index contributed by atoms with van der Waals surface area (Å²) in [6, 6.07) is -0.962. The Balaban J connectivity index is 1.85. The lowest BCUT2D eigenvalue weighted by atomic mass is 9.78. The van der Waals surface area contributed by atoms with Crippen molar-refractivity contribution in [3.8, 4) is 0 Å². The van der Waals surface area contributed by atoms with Gasteiger partial charge in [0.2, 0.25) is 11.8 Å². The Morgan fingerprint density at radius 2 is 2.04 bits per heavy atom. The quantitative estimate of drug-likeness (QED) is 0.526. The van der Waals surface area contributed by atoms with Gasteiger partial charge in [0.25, 0.3) is 0 Å². The summed E-state index contributed by atoms with van der Waals surface area (Å²) in [6.45, 7) is 4.10. The van der Waals surface area contributed by atoms with Crippen LogP contribution in [-0.2, 0) is 23.9 Å². The van der Waals surface area contributed by atoms with Gasteiger partial charge in [0.15, 0.2) is 0 Å². The molecule has 0 radical (unpaired) electrons. The molecule has 0 aromatic rings. The number of rotatable bonds is 3. The highest BCUT2D eigenvalue weighted by atomic mass is 16.6. The number of nitrogens with zero attached hydrogens (tertiary/aromatic N) is 2. The van der Waals surface area contributed by atoms with Gasteiger partial charge in [-0.15, -0.1) is 0 Å². The Bertz CT molecular complexity index is 732. The molecule has 4 aliphatic rings. The molecule has 8 nitrogen and oxygen atoms in total. The van der Waals surface area contributed by atoms with E-state index in [9.17, 15) is 19.5 Å². The first-order chi connectivity index (χ1) is 12.9. The summed E-state index contributed by atoms with van der Waals surface area (Å²) in [7, 11) is 0. The number of amides is 2. The summed E-state index contributed by atoms with van der Waals surface area (Å²) in [5.41, 5.74) is -1.23. The average molecular weight is 376 g/mol. The minimum absolute atomic E-state index is 0.0128. The molecule has 1 spiro atoms. The van der Waals surface area contributed by atoms with E-state index in [4.69, 9.17) is 9.47 Å². The minimum atomic E-state index is -1.23. The predicted octanol–water partition coefficient (Wildman–Crippen LogP) is -0.521. The van der Waals surface area contributed by atoms with Crippen LogP contribution in [0.4, 0.5) is 0 Å². The number of esters is 1. The molecule has 2 amide bonds. The lowest BCUT2D eigenvalue weighted by Crippen LogP contribution is -2.56. The van der Waals surface area contributed by atoms with Crippen LogP contribution >= 0.6 is 0 Å². The molecular weight excluding hydrogens is 352 g/mol. The van der Waals surface area contributed by atoms with Crippen LogP contribution < -0.4 is 0 Å². The van der Waals surface area contributed by atoms with Crippen LogP contribution in [-0.4, -0.2) is 82.8 Å². The fraction of sp³-hybridized carbons (Fsp3) is 0.632. The molecule has 0 aromatic carbocycles. The third-order valence-corrected chi connectivity index (χ3v) is 5.91. The number of hydrogen-bond acceptors (Lipinski definition) is 6. The summed E-state index contributed by atoms with van der Waals surface area (Å²) < 4.78 is 11.5. The number of cyclic esters (lactones) is 1. The van der Waals surface area contributed by atoms with Crippen LogP contribution in [0.5, 0.6) is 0 Å². The number of ether oxygens (including phenoxy) is 2. The number of likely N-dealkylation sites (tertiary alicyclic amines) is 1. The van der Waals surface area contributed by atoms with Crippen LogP contribution in [0.2, 0.25) is 0 Å². The van der Waals surface area contributed by atoms with E-state index >= 15 is 0 Å². The molecule has 1 N–H and O–H groups in total. The van der Waals surface area contributed by atoms with Crippen LogP contribution in [0.25, 0.3) is 0 Å². The van der Waals surface area contributed by atoms with E-state index in [1.165, 1.54) is 4.90 Å². The molecule has 0 bridgehead atoms. The number of β-amino-alcohol motifs (C(OH)–C–C–N with tert-alkyl or cyclic N) is 1. The molecule has 0 aliphatic carbocycles. The number of fused-ring (bicyclic) bond motifs is 2. The largest absolute Gasteiger partial charge is 0.461 e. The van der Waals surface area contributed by atoms with Crippen LogP contribution in [0, 0.1) is 11.8 Å². The van der Waals surface area contributed by atoms with Crippen molar-refractivity contribution in [2.45, 2.75) is 37.6 Å². The van der Waals surface area contributed by atoms with Gasteiger partial charge in [0.1, 0.15) is 24.2 Å². The summed E-state index contributed by atoms with van der Waals surface area (Å²) in [5, 5.41) is 9.48. The standard InChI is InChI=1S/C19H24N2O6/c1-11(2)20-7-4-6-19-14(13-12(27-19)5-3-10-26-18(13)25)16(23)21(8-9-22)15(19)17(20)24/h3-6,11-15,22H,7-10H2,1-2H3/t12-,13+,14+,15-,19?/m1/s1. The fourth-order valence-electron chi connectivity index (χ4n) is 4.80. The van der Waals surface area contributed by atoms with Gasteiger partial charge >= 0.3 is 5.97 Å². The van der Waals surface area contributed by atoms with Gasteiger partial charge < -0.3 is 24.4 Å². The second-order valence-electron chi connectivity index (χ2n) is 7.64. The minimum Gasteiger partial charge on any atom is -0.461 e. The van der Waals surface area contributed by atoms with E-state index in [1.807, 2.05) is 19.9 Å². The molecule has 4 heterocycles. The van der Waals surface area contributed by atoms with E-state index in [2.05, 4.69) is 0 Å². The predicted molar refractivity (Wildman–Crippen MR) is 93.3 cm³/mol. The van der Waals surface area contributed by atoms with E-state index in [-0.39, 0.29) is 37.6 Å². The van der Waals surface area contributed by atoms with Crippen molar-refractivity contribution in [2.24, 2.45) is 11.8 Å². The molecular formula is C19H24N2O6. The highest BCUT2D eigenvalue weighted by Crippen LogP contribution is 2.53. The smallest absolute Gasteiger partial charge is 0.313 e. The first kappa shape index (κ1) is 18.2. The second kappa shape index (κ2) is 6.45. The summed E-state index contributed by atoms with van der Waals surface area (Å²) in [6.07, 6.45) is 6.44. The number of hydrogen-bond donors (Lipinski definition) is 1. The van der Waals surface area contributed by atoms with E-state index < -0.39 is 35.6 Å². The van der Waals surface area contributed by atoms with Gasteiger partial charge in [-0.2, -0.15) is 0 Å². The molecule has 2 saturated heterocycles. The van der Waals surface area contributed by atoms with Gasteiger partial charge in [-0.1, -0.05) is 18.2 Å². The molecule has 27 heavy (non-hydrogen) atoms. The van der Waals surface area contributed by atoms with Crippen molar-refractivity contribution in [1.29, 1.82) is 0 Å². The third kappa shape index (κ3) is 2.46. The summed E-state index contributed by atoms with van der Waals surface area (Å²) in [4.78, 5) is 42.3. The second-order valence-corrected chi connectivity index (χ2v) is 7.64. The SMILES string of the molecule is CC(C)N1CC=CC23O[C@@H]4C=CCOC(=O)[C@@H]4[C@H]2C(=O)N(CCO)[C@@H]3C1=O. The molecule has 2 fully saturated rings. The zero-order chi connectivity index (χ0) is 19.3. The maximum absolute atomic E-state index is 13.4. The van der Waals surface area contributed by atoms with Gasteiger partial charge in [-0.25, -0.2) is 0 Å². The molecule has 5 atom stereocenters. The van der Waals surface area contributed by atoms with E-state index in [1.54, 1.807) is 23.1 Å². The molecule has 8 heteroatoms. The lowest BCUT2D eigenvalue weighted by molar-refractivity contribution is -0.153. The summed E-state index contributed by atoms with van der Waals surface area (Å²) >= 11 is 0. The van der Waals surface area contributed by atoms with Crippen molar-refractivity contribution < 1.29 is 29.0 Å². The topological polar surface area (TPSA) is 96.4 Å². The summed E-state index contributed by atoms with van der Waals surface area (Å²) in [5.74, 6) is -2.71. The Kier molecular flexibility index (Phi) is 4.35. The number of carbonyl (C=O) groups excluding carboxylic acids is 3. The van der Waals surface area contributed by atoms with E-state index in [0.29, 0.717) is 6.54 Å². The third-order valence-electron chi connectivity index (χ3n) is 5.91. The van der Waals surface area contributed by atoms with Crippen LogP contribution in [0.3, 0.4) is 0 Å². The van der Waals surface area contributed by atoms with Crippen LogP contribution in [0.1, 0.15) is 13.8 Å². The zero-order valence-electron chi connectivity index (χ0n) is 15.4. The zero-order valence-corrected chi connectivity index (χ0v) is 15.4. The first-order valence-corrected chi connectivity index (χ1v) is 9.33. The monoisotopic (exact) mass is 376 g/mol. The van der Waals surface area contributed by atoms with Crippen LogP contribution in [0.15, 0.2) is 24.3 Å². The average Bonchev–Trinajstić information content (AvgIpc) is 2.90. The van der Waals surface area contributed by atoms with Crippen molar-refractivity contribution in [1.82, 2.24) is 9.80 Å². The maximum atomic E-state index is 13.4. The van der Waals surface area contributed by atoms with Gasteiger partial charge in [-0.05, 0) is 19.9 Å². The first-order valence-electron chi connectivity index (χ1n) is 9.33. The maximum Gasteiger partial charge on any atom is 0.313 e. The van der Waals surface area contributed by atoms with Crippen molar-refractivity contribution in [3.63, 3.8) is 0 Å². The molecule has 146 valence electrons. The van der Waals surface area contributed by atoms with Gasteiger partial charge in [0, 0.05) is 19.1 Å². The number of carbonyl (C=O) groups is 3. The Morgan fingerprint density at radius 1 is 1.26 bits per heavy atom. The Labute approximate surface area is 157 Å². The Morgan fingerprint density at radius 3 is 2.74 bits per heavy atom. The van der Waals surface area contributed by atoms with Gasteiger partial charge in [-0.3, -0.25) is 14.4 Å². The Hall–Kier alpha value is -2.19. The normalized spacial score (nSPS) is 37.9. The van der Waals surface area contributed by atoms with Crippen molar-refractivity contribution in [2.75, 3.05) is 26.3 Å². The molecule has 0 aromatic heterocycles.